The first-order valence-electron chi connectivity index (χ1n) is 9.08. The number of rotatable bonds is 7. The molecule has 150 valence electrons. The summed E-state index contributed by atoms with van der Waals surface area (Å²) < 4.78 is 10.2. The summed E-state index contributed by atoms with van der Waals surface area (Å²) in [7, 11) is 1.66. The average Bonchev–Trinajstić information content (AvgIpc) is 2.96. The highest BCUT2D eigenvalue weighted by molar-refractivity contribution is 5.99. The third kappa shape index (κ3) is 4.79. The molecule has 0 spiro atoms. The van der Waals surface area contributed by atoms with Crippen LogP contribution in [0.3, 0.4) is 0 Å². The van der Waals surface area contributed by atoms with Gasteiger partial charge in [0, 0.05) is 19.3 Å². The second-order valence-electron chi connectivity index (χ2n) is 6.60. The van der Waals surface area contributed by atoms with E-state index >= 15 is 0 Å². The Morgan fingerprint density at radius 3 is 2.36 bits per heavy atom. The normalized spacial score (nSPS) is 10.5. The molecular weight excluding hydrogens is 360 g/mol. The van der Waals surface area contributed by atoms with Gasteiger partial charge in [0.05, 0.1) is 12.2 Å². The summed E-state index contributed by atoms with van der Waals surface area (Å²) in [6.45, 7) is 7.27. The average molecular weight is 386 g/mol. The second kappa shape index (κ2) is 9.21. The Labute approximate surface area is 164 Å². The molecule has 0 fully saturated rings. The van der Waals surface area contributed by atoms with Crippen molar-refractivity contribution in [2.45, 2.75) is 34.2 Å². The zero-order valence-electron chi connectivity index (χ0n) is 16.9. The van der Waals surface area contributed by atoms with Gasteiger partial charge in [-0.2, -0.15) is 0 Å². The van der Waals surface area contributed by atoms with E-state index in [-0.39, 0.29) is 30.4 Å². The molecule has 0 radical (unpaired) electrons. The number of aromatic amines is 1. The molecule has 0 bridgehead atoms. The first-order chi connectivity index (χ1) is 13.3. The van der Waals surface area contributed by atoms with Gasteiger partial charge in [-0.15, -0.1) is 0 Å². The lowest BCUT2D eigenvalue weighted by Gasteiger charge is -2.18. The Hall–Kier alpha value is -3.09. The third-order valence-corrected chi connectivity index (χ3v) is 4.54. The minimum Gasteiger partial charge on any atom is -0.461 e. The molecule has 0 aliphatic carbocycles. The fourth-order valence-corrected chi connectivity index (χ4v) is 2.90. The maximum Gasteiger partial charge on any atom is 0.355 e. The summed E-state index contributed by atoms with van der Waals surface area (Å²) >= 11 is 0. The number of likely N-dealkylation sites (N-methyl/N-ethyl adjacent to an activating group) is 1. The number of nitrogens with zero attached hydrogens (tertiary/aromatic N) is 1. The fourth-order valence-electron chi connectivity index (χ4n) is 2.90. The number of carbonyl (C=O) groups is 3. The summed E-state index contributed by atoms with van der Waals surface area (Å²) in [5.74, 6) is -1.50. The van der Waals surface area contributed by atoms with E-state index in [9.17, 15) is 14.4 Å². The number of aryl methyl sites for hydroxylation is 2. The summed E-state index contributed by atoms with van der Waals surface area (Å²) in [5.41, 5.74) is 3.52. The van der Waals surface area contributed by atoms with Gasteiger partial charge >= 0.3 is 11.9 Å². The van der Waals surface area contributed by atoms with Gasteiger partial charge in [0.1, 0.15) is 5.69 Å². The molecule has 0 atom stereocenters. The predicted octanol–water partition coefficient (Wildman–Crippen LogP) is 2.93. The minimum absolute atomic E-state index is 0.217. The van der Waals surface area contributed by atoms with Crippen molar-refractivity contribution >= 4 is 17.8 Å². The van der Waals surface area contributed by atoms with Gasteiger partial charge < -0.3 is 19.4 Å². The van der Waals surface area contributed by atoms with Crippen molar-refractivity contribution in [2.24, 2.45) is 0 Å². The molecular formula is C21H26N2O5. The zero-order chi connectivity index (χ0) is 20.8. The summed E-state index contributed by atoms with van der Waals surface area (Å²) in [5, 5.41) is 0. The number of hydrogen-bond donors (Lipinski definition) is 1. The van der Waals surface area contributed by atoms with Gasteiger partial charge in [0.2, 0.25) is 0 Å². The molecule has 7 heteroatoms. The van der Waals surface area contributed by atoms with Crippen LogP contribution in [0.2, 0.25) is 0 Å². The van der Waals surface area contributed by atoms with Gasteiger partial charge in [0.15, 0.2) is 6.61 Å². The number of ether oxygens (including phenoxy) is 2. The van der Waals surface area contributed by atoms with E-state index in [0.29, 0.717) is 17.8 Å². The molecule has 1 amide bonds. The lowest BCUT2D eigenvalue weighted by Crippen LogP contribution is -2.31. The number of nitrogens with one attached hydrogen (secondary N) is 1. The topological polar surface area (TPSA) is 88.7 Å². The molecule has 28 heavy (non-hydrogen) atoms. The van der Waals surface area contributed by atoms with Gasteiger partial charge in [0.25, 0.3) is 5.91 Å². The van der Waals surface area contributed by atoms with E-state index in [4.69, 9.17) is 9.47 Å². The van der Waals surface area contributed by atoms with Gasteiger partial charge in [-0.3, -0.25) is 4.79 Å². The lowest BCUT2D eigenvalue weighted by atomic mass is 10.1. The molecule has 1 N–H and O–H groups in total. The second-order valence-corrected chi connectivity index (χ2v) is 6.60. The van der Waals surface area contributed by atoms with Crippen LogP contribution in [0.15, 0.2) is 24.3 Å². The number of esters is 2. The fraction of sp³-hybridized carbons (Fsp3) is 0.381. The van der Waals surface area contributed by atoms with Crippen molar-refractivity contribution < 1.29 is 23.9 Å². The number of carbonyl (C=O) groups excluding carboxylic acids is 3. The largest absolute Gasteiger partial charge is 0.461 e. The quantitative estimate of drug-likeness (QED) is 0.739. The number of amides is 1. The first-order valence-corrected chi connectivity index (χ1v) is 9.08. The monoisotopic (exact) mass is 386 g/mol. The van der Waals surface area contributed by atoms with Crippen LogP contribution in [0, 0.1) is 20.8 Å². The molecule has 1 heterocycles. The lowest BCUT2D eigenvalue weighted by molar-refractivity contribution is -0.133. The van der Waals surface area contributed by atoms with Crippen LogP contribution in [0.1, 0.15) is 50.2 Å². The Morgan fingerprint density at radius 2 is 1.71 bits per heavy atom. The number of H-pyrrole nitrogens is 1. The van der Waals surface area contributed by atoms with Crippen molar-refractivity contribution in [3.63, 3.8) is 0 Å². The van der Waals surface area contributed by atoms with Crippen LogP contribution in [-0.4, -0.2) is 48.0 Å². The molecule has 0 aliphatic rings. The molecule has 2 rings (SSSR count). The Kier molecular flexibility index (Phi) is 6.98. The molecule has 1 aromatic carbocycles. The van der Waals surface area contributed by atoms with E-state index < -0.39 is 11.9 Å². The minimum atomic E-state index is -0.653. The molecule has 0 saturated carbocycles. The number of hydrogen-bond acceptors (Lipinski definition) is 5. The number of benzene rings is 1. The SMILES string of the molecule is CCOC(=O)c1[nH]c(C)c(C(=O)OCC(=O)N(C)Cc2ccccc2C)c1C. The van der Waals surface area contributed by atoms with Crippen molar-refractivity contribution in [1.29, 1.82) is 0 Å². The molecule has 7 nitrogen and oxygen atoms in total. The van der Waals surface area contributed by atoms with Crippen molar-refractivity contribution in [2.75, 3.05) is 20.3 Å². The van der Waals surface area contributed by atoms with Gasteiger partial charge in [-0.25, -0.2) is 9.59 Å². The van der Waals surface area contributed by atoms with Gasteiger partial charge in [-0.1, -0.05) is 24.3 Å². The van der Waals surface area contributed by atoms with E-state index in [1.165, 1.54) is 4.90 Å². The molecule has 0 saturated heterocycles. The summed E-state index contributed by atoms with van der Waals surface area (Å²) in [4.78, 5) is 41.1. The molecule has 1 aromatic heterocycles. The highest BCUT2D eigenvalue weighted by atomic mass is 16.5. The molecule has 0 aliphatic heterocycles. The predicted molar refractivity (Wildman–Crippen MR) is 104 cm³/mol. The summed E-state index contributed by atoms with van der Waals surface area (Å²) in [6, 6.07) is 7.79. The molecule has 2 aromatic rings. The van der Waals surface area contributed by atoms with Crippen molar-refractivity contribution in [3.05, 3.63) is 57.9 Å². The smallest absolute Gasteiger partial charge is 0.355 e. The Bertz CT molecular complexity index is 885. The van der Waals surface area contributed by atoms with Crippen LogP contribution >= 0.6 is 0 Å². The van der Waals surface area contributed by atoms with E-state index in [0.717, 1.165) is 11.1 Å². The van der Waals surface area contributed by atoms with Crippen LogP contribution < -0.4 is 0 Å². The highest BCUT2D eigenvalue weighted by Gasteiger charge is 2.24. The van der Waals surface area contributed by atoms with Crippen molar-refractivity contribution in [3.8, 4) is 0 Å². The third-order valence-electron chi connectivity index (χ3n) is 4.54. The van der Waals surface area contributed by atoms with Crippen LogP contribution in [0.25, 0.3) is 0 Å². The summed E-state index contributed by atoms with van der Waals surface area (Å²) in [6.07, 6.45) is 0. The van der Waals surface area contributed by atoms with Gasteiger partial charge in [-0.05, 0) is 44.4 Å². The van der Waals surface area contributed by atoms with Crippen LogP contribution in [0.5, 0.6) is 0 Å². The Morgan fingerprint density at radius 1 is 1.04 bits per heavy atom. The molecule has 0 unspecified atom stereocenters. The van der Waals surface area contributed by atoms with E-state index in [1.807, 2.05) is 31.2 Å². The Balaban J connectivity index is 2.01. The number of aromatic nitrogens is 1. The van der Waals surface area contributed by atoms with Crippen LogP contribution in [-0.2, 0) is 20.8 Å². The maximum atomic E-state index is 12.5. The standard InChI is InChI=1S/C21H26N2O5/c1-6-27-21(26)19-14(3)18(15(4)22-19)20(25)28-12-17(24)23(5)11-16-10-8-7-9-13(16)2/h7-10,22H,6,11-12H2,1-5H3. The first kappa shape index (κ1) is 21.2. The maximum absolute atomic E-state index is 12.5. The van der Waals surface area contributed by atoms with Crippen LogP contribution in [0.4, 0.5) is 0 Å². The van der Waals surface area contributed by atoms with E-state index in [2.05, 4.69) is 4.98 Å². The van der Waals surface area contributed by atoms with E-state index in [1.54, 1.807) is 27.8 Å². The van der Waals surface area contributed by atoms with Crippen molar-refractivity contribution in [1.82, 2.24) is 9.88 Å². The zero-order valence-corrected chi connectivity index (χ0v) is 16.9. The highest BCUT2D eigenvalue weighted by Crippen LogP contribution is 2.20.